The number of nitrogens with one attached hydrogen (secondary N) is 1. The Morgan fingerprint density at radius 1 is 0.844 bits per heavy atom. The number of rotatable bonds is 29. The number of primary amides is 1. The average molecular weight is 664 g/mol. The molecule has 0 aliphatic rings. The van der Waals surface area contributed by atoms with Crippen molar-refractivity contribution < 1.29 is 57.6 Å². The van der Waals surface area contributed by atoms with Crippen LogP contribution in [0.2, 0.25) is 0 Å². The van der Waals surface area contributed by atoms with E-state index >= 15 is 0 Å². The van der Waals surface area contributed by atoms with Crippen LogP contribution in [0.5, 0.6) is 0 Å². The Morgan fingerprint density at radius 3 is 2.20 bits per heavy atom. The highest BCUT2D eigenvalue weighted by Crippen LogP contribution is 2.14. The summed E-state index contributed by atoms with van der Waals surface area (Å²) in [5.41, 5.74) is 11.0. The van der Waals surface area contributed by atoms with Gasteiger partial charge < -0.3 is 40.8 Å². The summed E-state index contributed by atoms with van der Waals surface area (Å²) in [7, 11) is 0. The average Bonchev–Trinajstić information content (AvgIpc) is 3.01. The number of aliphatic hydroxyl groups is 1. The van der Waals surface area contributed by atoms with Crippen LogP contribution in [-0.4, -0.2) is 116 Å². The van der Waals surface area contributed by atoms with E-state index in [1.807, 2.05) is 0 Å². The van der Waals surface area contributed by atoms with Gasteiger partial charge in [-0.25, -0.2) is 0 Å². The van der Waals surface area contributed by atoms with E-state index in [0.29, 0.717) is 0 Å². The van der Waals surface area contributed by atoms with Crippen LogP contribution in [0.15, 0.2) is 0 Å². The molecular weight excluding hydrogens is 614 g/mol. The van der Waals surface area contributed by atoms with Crippen LogP contribution in [0.3, 0.4) is 0 Å². The summed E-state index contributed by atoms with van der Waals surface area (Å²) in [6.45, 7) is 3.11. The first-order valence-electron chi connectivity index (χ1n) is 15.0. The minimum atomic E-state index is -0.916. The van der Waals surface area contributed by atoms with Gasteiger partial charge in [-0.15, -0.1) is 0 Å². The topological polar surface area (TPSA) is 241 Å². The Labute approximate surface area is 268 Å². The van der Waals surface area contributed by atoms with Gasteiger partial charge in [-0.3, -0.25) is 33.6 Å². The molecule has 0 bridgehead atoms. The van der Waals surface area contributed by atoms with Crippen LogP contribution >= 0.6 is 11.8 Å². The smallest absolute Gasteiger partial charge is 0.305 e. The number of ketones is 3. The van der Waals surface area contributed by atoms with Crippen molar-refractivity contribution in [3.05, 3.63) is 0 Å². The lowest BCUT2D eigenvalue weighted by Gasteiger charge is -2.19. The first-order valence-corrected chi connectivity index (χ1v) is 16.2. The Kier molecular flexibility index (Phi) is 24.6. The number of nitrogens with two attached hydrogens (primary N) is 2. The van der Waals surface area contributed by atoms with E-state index in [9.17, 15) is 38.7 Å². The summed E-state index contributed by atoms with van der Waals surface area (Å²) >= 11 is 1.24. The van der Waals surface area contributed by atoms with Gasteiger partial charge in [0, 0.05) is 75.5 Å². The SMILES string of the molecule is CCC(=O)OCC(CSCC(N)C(=O)CC(CO)C(=O)CCCOCC(=O)NCCOCCC(=O)CCC(N)=O)OC(=O)CC. The van der Waals surface area contributed by atoms with Gasteiger partial charge in [0.05, 0.1) is 25.9 Å². The number of aliphatic hydroxyl groups excluding tert-OH is 1. The van der Waals surface area contributed by atoms with E-state index < -0.39 is 48.3 Å². The van der Waals surface area contributed by atoms with Crippen molar-refractivity contribution in [3.8, 4) is 0 Å². The number of carbonyl (C=O) groups excluding carboxylic acids is 7. The lowest BCUT2D eigenvalue weighted by Crippen LogP contribution is -2.37. The summed E-state index contributed by atoms with van der Waals surface area (Å²) in [4.78, 5) is 82.2. The molecule has 0 aliphatic carbocycles. The Bertz CT molecular complexity index is 949. The van der Waals surface area contributed by atoms with Crippen molar-refractivity contribution in [3.63, 3.8) is 0 Å². The lowest BCUT2D eigenvalue weighted by atomic mass is 9.93. The molecule has 0 fully saturated rings. The molecular formula is C29H49N3O12S. The molecule has 0 saturated carbocycles. The molecule has 0 aliphatic heterocycles. The van der Waals surface area contributed by atoms with Crippen LogP contribution in [0.4, 0.5) is 0 Å². The van der Waals surface area contributed by atoms with Crippen molar-refractivity contribution in [1.29, 1.82) is 0 Å². The van der Waals surface area contributed by atoms with Gasteiger partial charge in [0.1, 0.15) is 30.9 Å². The second-order valence-corrected chi connectivity index (χ2v) is 11.1. The minimum absolute atomic E-state index is 0.00440. The third-order valence-corrected chi connectivity index (χ3v) is 7.34. The summed E-state index contributed by atoms with van der Waals surface area (Å²) in [6, 6.07) is -0.916. The van der Waals surface area contributed by atoms with Crippen LogP contribution < -0.4 is 16.8 Å². The maximum Gasteiger partial charge on any atom is 0.305 e. The largest absolute Gasteiger partial charge is 0.462 e. The Balaban J connectivity index is 4.20. The highest BCUT2D eigenvalue weighted by Gasteiger charge is 2.25. The van der Waals surface area contributed by atoms with Crippen LogP contribution in [0, 0.1) is 5.92 Å². The molecule has 258 valence electrons. The second-order valence-electron chi connectivity index (χ2n) is 10.0. The molecule has 0 radical (unpaired) electrons. The zero-order chi connectivity index (χ0) is 34.0. The molecule has 0 aromatic carbocycles. The highest BCUT2D eigenvalue weighted by atomic mass is 32.2. The number of thioether (sulfide) groups is 1. The van der Waals surface area contributed by atoms with Crippen LogP contribution in [0.1, 0.15) is 65.2 Å². The third kappa shape index (κ3) is 23.1. The quantitative estimate of drug-likeness (QED) is 0.0589. The van der Waals surface area contributed by atoms with E-state index in [-0.39, 0.29) is 120 Å². The number of Topliss-reactive ketones (excluding diaryl/α,β-unsaturated/α-hetero) is 3. The zero-order valence-corrected chi connectivity index (χ0v) is 27.1. The summed E-state index contributed by atoms with van der Waals surface area (Å²) in [6.07, 6.45) is -0.0215. The fourth-order valence-electron chi connectivity index (χ4n) is 3.47. The monoisotopic (exact) mass is 663 g/mol. The molecule has 3 atom stereocenters. The summed E-state index contributed by atoms with van der Waals surface area (Å²) in [5.74, 6) is -3.15. The number of esters is 2. The number of carbonyl (C=O) groups is 7. The predicted molar refractivity (Wildman–Crippen MR) is 164 cm³/mol. The zero-order valence-electron chi connectivity index (χ0n) is 26.3. The van der Waals surface area contributed by atoms with Gasteiger partial charge >= 0.3 is 11.9 Å². The number of hydrogen-bond acceptors (Lipinski definition) is 14. The Morgan fingerprint density at radius 2 is 1.56 bits per heavy atom. The van der Waals surface area contributed by atoms with Gasteiger partial charge in [-0.2, -0.15) is 11.8 Å². The lowest BCUT2D eigenvalue weighted by molar-refractivity contribution is -0.157. The molecule has 16 heteroatoms. The molecule has 15 nitrogen and oxygen atoms in total. The van der Waals surface area contributed by atoms with E-state index in [1.165, 1.54) is 11.8 Å². The maximum absolute atomic E-state index is 12.6. The van der Waals surface area contributed by atoms with Gasteiger partial charge in [0.15, 0.2) is 5.78 Å². The van der Waals surface area contributed by atoms with E-state index in [4.69, 9.17) is 30.4 Å². The number of amides is 2. The summed E-state index contributed by atoms with van der Waals surface area (Å²) in [5, 5.41) is 12.2. The molecule has 6 N–H and O–H groups in total. The van der Waals surface area contributed by atoms with Crippen LogP contribution in [-0.2, 0) is 52.5 Å². The fraction of sp³-hybridized carbons (Fsp3) is 0.759. The van der Waals surface area contributed by atoms with Gasteiger partial charge in [-0.1, -0.05) is 13.8 Å². The van der Waals surface area contributed by atoms with Gasteiger partial charge in [-0.05, 0) is 6.42 Å². The van der Waals surface area contributed by atoms with E-state index in [0.717, 1.165) is 0 Å². The standard InChI is InChI=1S/C29H49N3O12S/c1-3-28(39)43-16-22(44-29(40)4-2)18-45-19-23(30)25(36)14-20(15-33)24(35)6-5-11-42-17-27(38)32-10-13-41-12-9-21(34)7-8-26(31)37/h20,22-23,33H,3-19,30H2,1-2H3,(H2,31,37)(H,32,38). The molecule has 0 spiro atoms. The van der Waals surface area contributed by atoms with Crippen LogP contribution in [0.25, 0.3) is 0 Å². The number of ether oxygens (including phenoxy) is 4. The predicted octanol–water partition coefficient (Wildman–Crippen LogP) is -0.387. The van der Waals surface area contributed by atoms with E-state index in [2.05, 4.69) is 5.32 Å². The molecule has 45 heavy (non-hydrogen) atoms. The second kappa shape index (κ2) is 26.3. The van der Waals surface area contributed by atoms with Crippen molar-refractivity contribution >= 4 is 52.9 Å². The molecule has 0 rings (SSSR count). The summed E-state index contributed by atoms with van der Waals surface area (Å²) < 4.78 is 20.8. The first kappa shape index (κ1) is 42.1. The molecule has 2 amide bonds. The van der Waals surface area contributed by atoms with Gasteiger partial charge in [0.2, 0.25) is 11.8 Å². The molecule has 3 unspecified atom stereocenters. The molecule has 0 aromatic rings. The Hall–Kier alpha value is -2.92. The first-order chi connectivity index (χ1) is 21.4. The normalized spacial score (nSPS) is 12.9. The highest BCUT2D eigenvalue weighted by molar-refractivity contribution is 7.99. The fourth-order valence-corrected chi connectivity index (χ4v) is 4.48. The van der Waals surface area contributed by atoms with E-state index in [1.54, 1.807) is 13.8 Å². The maximum atomic E-state index is 12.6. The van der Waals surface area contributed by atoms with Crippen molar-refractivity contribution in [1.82, 2.24) is 5.32 Å². The molecule has 0 heterocycles. The molecule has 0 aromatic heterocycles. The van der Waals surface area contributed by atoms with Gasteiger partial charge in [0.25, 0.3) is 0 Å². The van der Waals surface area contributed by atoms with Crippen molar-refractivity contribution in [2.75, 3.05) is 57.7 Å². The molecule has 0 saturated heterocycles. The minimum Gasteiger partial charge on any atom is -0.462 e. The third-order valence-electron chi connectivity index (χ3n) is 6.13. The number of hydrogen-bond donors (Lipinski definition) is 4. The van der Waals surface area contributed by atoms with Crippen molar-refractivity contribution in [2.24, 2.45) is 17.4 Å². The van der Waals surface area contributed by atoms with Crippen molar-refractivity contribution in [2.45, 2.75) is 77.4 Å².